The summed E-state index contributed by atoms with van der Waals surface area (Å²) in [5.74, 6) is -1.14. The highest BCUT2D eigenvalue weighted by Gasteiger charge is 2.36. The Hall–Kier alpha value is -3.47. The van der Waals surface area contributed by atoms with Crippen LogP contribution in [0, 0.1) is 6.92 Å². The number of nitrogens with two attached hydrogens (primary N) is 1. The number of amides is 4. The second-order valence-corrected chi connectivity index (χ2v) is 11.9. The Morgan fingerprint density at radius 3 is 2.47 bits per heavy atom. The van der Waals surface area contributed by atoms with Gasteiger partial charge < -0.3 is 26.2 Å². The maximum Gasteiger partial charge on any atom is 0.246 e. The van der Waals surface area contributed by atoms with Crippen LogP contribution in [0.4, 0.5) is 5.69 Å². The summed E-state index contributed by atoms with van der Waals surface area (Å²) in [6.07, 6.45) is 1.58. The van der Waals surface area contributed by atoms with Crippen LogP contribution in [0.15, 0.2) is 42.5 Å². The molecule has 2 aromatic rings. The predicted octanol–water partition coefficient (Wildman–Crippen LogP) is 2.71. The standard InChI is InChI=1S/C32H43ClN6O4/c1-4-25-20-38(16-15-37(25)3)29(40)11-12-30(41)39-19-23-8-6-5-7-22(23)18-28(39)32(43)36-27(13-14-34)31(42)35-24-9-10-26(33)21(2)17-24/h5-10,17,25,27-28H,4,11-16,18-20,34H2,1-3H3,(H,35,42)(H,36,43)/t25?,27-,28-/m0/s1. The van der Waals surface area contributed by atoms with Crippen molar-refractivity contribution in [1.29, 1.82) is 0 Å². The number of rotatable bonds is 10. The number of aryl methyl sites for hydroxylation is 1. The van der Waals surface area contributed by atoms with Crippen molar-refractivity contribution in [3.63, 3.8) is 0 Å². The van der Waals surface area contributed by atoms with Gasteiger partial charge in [-0.25, -0.2) is 0 Å². The second kappa shape index (κ2) is 14.8. The Balaban J connectivity index is 1.45. The first-order valence-electron chi connectivity index (χ1n) is 15.0. The van der Waals surface area contributed by atoms with E-state index in [4.69, 9.17) is 17.3 Å². The predicted molar refractivity (Wildman–Crippen MR) is 167 cm³/mol. The summed E-state index contributed by atoms with van der Waals surface area (Å²) < 4.78 is 0. The van der Waals surface area contributed by atoms with Crippen molar-refractivity contribution in [2.45, 2.75) is 70.6 Å². The van der Waals surface area contributed by atoms with Gasteiger partial charge in [-0.3, -0.25) is 24.1 Å². The number of likely N-dealkylation sites (N-methyl/N-ethyl adjacent to an activating group) is 1. The van der Waals surface area contributed by atoms with Gasteiger partial charge in [-0.15, -0.1) is 0 Å². The third-order valence-corrected chi connectivity index (χ3v) is 8.96. The van der Waals surface area contributed by atoms with Gasteiger partial charge >= 0.3 is 0 Å². The fourth-order valence-electron chi connectivity index (χ4n) is 5.80. The molecule has 2 aliphatic heterocycles. The van der Waals surface area contributed by atoms with Crippen LogP contribution in [0.3, 0.4) is 0 Å². The Labute approximate surface area is 258 Å². The lowest BCUT2D eigenvalue weighted by atomic mass is 9.92. The number of hydrogen-bond donors (Lipinski definition) is 3. The van der Waals surface area contributed by atoms with Crippen molar-refractivity contribution in [2.75, 3.05) is 38.5 Å². The van der Waals surface area contributed by atoms with E-state index < -0.39 is 23.9 Å². The maximum absolute atomic E-state index is 13.7. The Bertz CT molecular complexity index is 1340. The molecule has 3 atom stereocenters. The normalized spacial score (nSPS) is 19.4. The summed E-state index contributed by atoms with van der Waals surface area (Å²) in [6, 6.07) is 11.4. The summed E-state index contributed by atoms with van der Waals surface area (Å²) in [4.78, 5) is 59.2. The van der Waals surface area contributed by atoms with Crippen LogP contribution in [0.2, 0.25) is 5.02 Å². The van der Waals surface area contributed by atoms with Crippen molar-refractivity contribution >= 4 is 40.9 Å². The maximum atomic E-state index is 13.7. The zero-order valence-corrected chi connectivity index (χ0v) is 26.0. The topological polar surface area (TPSA) is 128 Å². The van der Waals surface area contributed by atoms with Gasteiger partial charge in [0.05, 0.1) is 0 Å². The first kappa shape index (κ1) is 32.4. The minimum Gasteiger partial charge on any atom is -0.342 e. The number of nitrogens with one attached hydrogen (secondary N) is 2. The molecule has 0 aromatic heterocycles. The third kappa shape index (κ3) is 8.13. The molecule has 4 rings (SSSR count). The molecule has 2 aliphatic rings. The average Bonchev–Trinajstić information content (AvgIpc) is 3.00. The minimum atomic E-state index is -0.895. The number of fused-ring (bicyclic) bond motifs is 1. The molecule has 0 saturated carbocycles. The molecule has 10 nitrogen and oxygen atoms in total. The number of halogens is 1. The van der Waals surface area contributed by atoms with E-state index in [1.807, 2.05) is 36.1 Å². The molecular formula is C32H43ClN6O4. The molecule has 0 spiro atoms. The molecule has 4 amide bonds. The third-order valence-electron chi connectivity index (χ3n) is 8.54. The summed E-state index contributed by atoms with van der Waals surface area (Å²) in [7, 11) is 2.07. The quantitative estimate of drug-likeness (QED) is 0.380. The van der Waals surface area contributed by atoms with Crippen molar-refractivity contribution in [3.8, 4) is 0 Å². The van der Waals surface area contributed by atoms with Crippen LogP contribution < -0.4 is 16.4 Å². The van der Waals surface area contributed by atoms with E-state index in [1.165, 1.54) is 0 Å². The first-order chi connectivity index (χ1) is 20.6. The molecule has 232 valence electrons. The summed E-state index contributed by atoms with van der Waals surface area (Å²) in [6.45, 7) is 6.48. The van der Waals surface area contributed by atoms with Gasteiger partial charge in [0.2, 0.25) is 23.6 Å². The molecular weight excluding hydrogens is 568 g/mol. The van der Waals surface area contributed by atoms with E-state index in [0.717, 1.165) is 29.7 Å². The van der Waals surface area contributed by atoms with Crippen molar-refractivity contribution < 1.29 is 19.2 Å². The fraction of sp³-hybridized carbons (Fsp3) is 0.500. The lowest BCUT2D eigenvalue weighted by Crippen LogP contribution is -2.56. The van der Waals surface area contributed by atoms with Gasteiger partial charge in [-0.05, 0) is 68.2 Å². The molecule has 0 bridgehead atoms. The number of nitrogens with zero attached hydrogens (tertiary/aromatic N) is 3. The number of piperazine rings is 1. The lowest BCUT2D eigenvalue weighted by Gasteiger charge is -2.39. The van der Waals surface area contributed by atoms with Gasteiger partial charge in [0.1, 0.15) is 12.1 Å². The average molecular weight is 611 g/mol. The zero-order chi connectivity index (χ0) is 31.1. The molecule has 1 unspecified atom stereocenters. The summed E-state index contributed by atoms with van der Waals surface area (Å²) in [5, 5.41) is 6.27. The zero-order valence-electron chi connectivity index (χ0n) is 25.3. The van der Waals surface area contributed by atoms with Crippen molar-refractivity contribution in [3.05, 3.63) is 64.2 Å². The van der Waals surface area contributed by atoms with E-state index in [1.54, 1.807) is 23.1 Å². The molecule has 2 heterocycles. The van der Waals surface area contributed by atoms with E-state index in [0.29, 0.717) is 36.3 Å². The van der Waals surface area contributed by atoms with Crippen LogP contribution in [0.5, 0.6) is 0 Å². The number of carbonyl (C=O) groups is 4. The molecule has 1 saturated heterocycles. The van der Waals surface area contributed by atoms with Gasteiger partial charge in [0.25, 0.3) is 0 Å². The lowest BCUT2D eigenvalue weighted by molar-refractivity contribution is -0.144. The molecule has 2 aromatic carbocycles. The van der Waals surface area contributed by atoms with E-state index in [9.17, 15) is 19.2 Å². The Morgan fingerprint density at radius 2 is 1.77 bits per heavy atom. The first-order valence-corrected chi connectivity index (χ1v) is 15.4. The van der Waals surface area contributed by atoms with Crippen molar-refractivity contribution in [1.82, 2.24) is 20.0 Å². The smallest absolute Gasteiger partial charge is 0.246 e. The highest BCUT2D eigenvalue weighted by atomic mass is 35.5. The SMILES string of the molecule is CCC1CN(C(=O)CCC(=O)N2Cc3ccccc3C[C@H]2C(=O)N[C@@H](CCN)C(=O)Nc2ccc(Cl)c(C)c2)CCN1C. The number of benzene rings is 2. The summed E-state index contributed by atoms with van der Waals surface area (Å²) in [5.41, 5.74) is 9.11. The molecule has 0 aliphatic carbocycles. The van der Waals surface area contributed by atoms with Crippen LogP contribution >= 0.6 is 11.6 Å². The Kier molecular flexibility index (Phi) is 11.2. The fourth-order valence-corrected chi connectivity index (χ4v) is 5.92. The highest BCUT2D eigenvalue weighted by Crippen LogP contribution is 2.25. The summed E-state index contributed by atoms with van der Waals surface area (Å²) >= 11 is 6.11. The van der Waals surface area contributed by atoms with Gasteiger partial charge in [-0.2, -0.15) is 0 Å². The van der Waals surface area contributed by atoms with E-state index in [-0.39, 0.29) is 44.2 Å². The van der Waals surface area contributed by atoms with Crippen LogP contribution in [-0.4, -0.2) is 89.7 Å². The van der Waals surface area contributed by atoms with Crippen LogP contribution in [-0.2, 0) is 32.1 Å². The Morgan fingerprint density at radius 1 is 1.05 bits per heavy atom. The minimum absolute atomic E-state index is 0.0105. The monoisotopic (exact) mass is 610 g/mol. The van der Waals surface area contributed by atoms with Crippen LogP contribution in [0.1, 0.15) is 49.3 Å². The van der Waals surface area contributed by atoms with E-state index in [2.05, 4.69) is 29.5 Å². The number of carbonyl (C=O) groups excluding carboxylic acids is 4. The van der Waals surface area contributed by atoms with Gasteiger partial charge in [0.15, 0.2) is 0 Å². The second-order valence-electron chi connectivity index (χ2n) is 11.5. The molecule has 1 fully saturated rings. The molecule has 0 radical (unpaired) electrons. The van der Waals surface area contributed by atoms with Crippen molar-refractivity contribution in [2.24, 2.45) is 5.73 Å². The molecule has 11 heteroatoms. The number of anilines is 1. The number of hydrogen-bond acceptors (Lipinski definition) is 6. The van der Waals surface area contributed by atoms with E-state index >= 15 is 0 Å². The van der Waals surface area contributed by atoms with Gasteiger partial charge in [0, 0.05) is 62.2 Å². The highest BCUT2D eigenvalue weighted by molar-refractivity contribution is 6.31. The molecule has 43 heavy (non-hydrogen) atoms. The van der Waals surface area contributed by atoms with Crippen LogP contribution in [0.25, 0.3) is 0 Å². The molecule has 4 N–H and O–H groups in total. The largest absolute Gasteiger partial charge is 0.342 e. The van der Waals surface area contributed by atoms with Gasteiger partial charge in [-0.1, -0.05) is 42.8 Å².